The summed E-state index contributed by atoms with van der Waals surface area (Å²) in [6, 6.07) is 6.17. The Bertz CT molecular complexity index is 1970. The van der Waals surface area contributed by atoms with Crippen molar-refractivity contribution in [2.24, 2.45) is 10.8 Å². The Morgan fingerprint density at radius 2 is 1.77 bits per heavy atom. The maximum absolute atomic E-state index is 14.1. The maximum Gasteiger partial charge on any atom is 0.422 e. The van der Waals surface area contributed by atoms with Crippen molar-refractivity contribution in [1.82, 2.24) is 19.8 Å². The summed E-state index contributed by atoms with van der Waals surface area (Å²) in [5.74, 6) is 1.34. The second-order valence-electron chi connectivity index (χ2n) is 16.6. The van der Waals surface area contributed by atoms with Crippen molar-refractivity contribution >= 4 is 40.5 Å². The Morgan fingerprint density at radius 3 is 2.38 bits per heavy atom. The first-order valence-electron chi connectivity index (χ1n) is 18.8. The Kier molecular flexibility index (Phi) is 8.66. The number of amides is 1. The quantitative estimate of drug-likeness (QED) is 0.145. The zero-order valence-corrected chi connectivity index (χ0v) is 30.9. The molecule has 282 valence electrons. The van der Waals surface area contributed by atoms with Crippen LogP contribution in [0.4, 0.5) is 30.6 Å². The molecular formula is C40H49F3N8O2. The summed E-state index contributed by atoms with van der Waals surface area (Å²) in [5, 5.41) is 8.99. The summed E-state index contributed by atoms with van der Waals surface area (Å²) >= 11 is 0. The number of fused-ring (bicyclic) bond motifs is 1. The molecule has 0 bridgehead atoms. The first kappa shape index (κ1) is 35.6. The minimum atomic E-state index is -4.59. The minimum Gasteiger partial charge on any atom is -0.481 e. The first-order valence-corrected chi connectivity index (χ1v) is 18.8. The number of halogens is 3. The molecule has 5 aliphatic rings. The van der Waals surface area contributed by atoms with E-state index in [4.69, 9.17) is 25.8 Å². The number of likely N-dealkylation sites (tertiary alicyclic amines) is 1. The third-order valence-corrected chi connectivity index (χ3v) is 12.6. The molecule has 0 unspecified atom stereocenters. The van der Waals surface area contributed by atoms with E-state index in [0.29, 0.717) is 77.3 Å². The van der Waals surface area contributed by atoms with Gasteiger partial charge in [-0.2, -0.15) is 18.2 Å². The minimum absolute atomic E-state index is 0.0391. The van der Waals surface area contributed by atoms with Crippen LogP contribution in [-0.2, 0) is 4.79 Å². The molecular weight excluding hydrogens is 681 g/mol. The van der Waals surface area contributed by atoms with E-state index in [-0.39, 0.29) is 28.4 Å². The fourth-order valence-electron chi connectivity index (χ4n) is 9.48. The van der Waals surface area contributed by atoms with E-state index in [1.807, 2.05) is 17.9 Å². The van der Waals surface area contributed by atoms with E-state index < -0.39 is 12.8 Å². The molecule has 3 N–H and O–H groups in total. The molecule has 13 heteroatoms. The predicted octanol–water partition coefficient (Wildman–Crippen LogP) is 6.54. The number of anilines is 3. The fraction of sp³-hybridized carbons (Fsp3) is 0.550. The van der Waals surface area contributed by atoms with E-state index in [0.717, 1.165) is 69.2 Å². The van der Waals surface area contributed by atoms with Crippen molar-refractivity contribution in [2.45, 2.75) is 70.0 Å². The highest BCUT2D eigenvalue weighted by Crippen LogP contribution is 2.54. The maximum atomic E-state index is 14.1. The van der Waals surface area contributed by atoms with Gasteiger partial charge in [-0.25, -0.2) is 4.98 Å². The van der Waals surface area contributed by atoms with Crippen LogP contribution < -0.4 is 20.3 Å². The third-order valence-electron chi connectivity index (χ3n) is 12.6. The van der Waals surface area contributed by atoms with Crippen LogP contribution in [0.2, 0.25) is 0 Å². The number of nitrogens with zero attached hydrogens (tertiary/aromatic N) is 6. The molecule has 0 radical (unpaired) electrons. The van der Waals surface area contributed by atoms with Crippen LogP contribution in [0.1, 0.15) is 67.6 Å². The Labute approximate surface area is 308 Å². The Morgan fingerprint density at radius 1 is 1.06 bits per heavy atom. The number of hydrogen-bond acceptors (Lipinski definition) is 9. The van der Waals surface area contributed by atoms with E-state index in [2.05, 4.69) is 41.4 Å². The van der Waals surface area contributed by atoms with Gasteiger partial charge in [-0.1, -0.05) is 12.6 Å². The summed E-state index contributed by atoms with van der Waals surface area (Å²) in [4.78, 5) is 31.2. The predicted molar refractivity (Wildman–Crippen MR) is 202 cm³/mol. The average Bonchev–Trinajstić information content (AvgIpc) is 3.84. The SMILES string of the molecule is C=CC(=O)N1CC2(CCN(c3nc(N4CC5(CC[C@@H](N(C)C)C5)C4)nc4c(OCC(F)(F)F)c(-c5c(C)ccc(N)c5C=N)c(C5CC5)cc34)CC2)C1. The lowest BCUT2D eigenvalue weighted by atomic mass is 9.72. The molecule has 4 heterocycles. The van der Waals surface area contributed by atoms with Gasteiger partial charge < -0.3 is 35.5 Å². The summed E-state index contributed by atoms with van der Waals surface area (Å²) in [5.41, 5.74) is 10.6. The second-order valence-corrected chi connectivity index (χ2v) is 16.6. The molecule has 3 aromatic rings. The van der Waals surface area contributed by atoms with Crippen LogP contribution in [0.5, 0.6) is 5.75 Å². The monoisotopic (exact) mass is 730 g/mol. The normalized spacial score (nSPS) is 22.0. The summed E-state index contributed by atoms with van der Waals surface area (Å²) < 4.78 is 48.2. The van der Waals surface area contributed by atoms with Crippen molar-refractivity contribution in [3.63, 3.8) is 0 Å². The number of alkyl halides is 3. The lowest BCUT2D eigenvalue weighted by molar-refractivity contribution is -0.153. The number of hydrogen-bond donors (Lipinski definition) is 2. The molecule has 53 heavy (non-hydrogen) atoms. The van der Waals surface area contributed by atoms with E-state index >= 15 is 0 Å². The van der Waals surface area contributed by atoms with Crippen molar-refractivity contribution in [1.29, 1.82) is 5.41 Å². The van der Waals surface area contributed by atoms with Gasteiger partial charge in [0, 0.05) is 84.6 Å². The highest BCUT2D eigenvalue weighted by molar-refractivity contribution is 6.05. The Hall–Kier alpha value is -4.39. The number of benzene rings is 2. The first-order chi connectivity index (χ1) is 25.2. The largest absolute Gasteiger partial charge is 0.481 e. The molecule has 1 aromatic heterocycles. The van der Waals surface area contributed by atoms with Crippen molar-refractivity contribution in [3.05, 3.63) is 47.5 Å². The van der Waals surface area contributed by atoms with Gasteiger partial charge in [0.1, 0.15) is 11.3 Å². The van der Waals surface area contributed by atoms with Gasteiger partial charge in [-0.05, 0) is 107 Å². The average molecular weight is 731 g/mol. The van der Waals surface area contributed by atoms with Gasteiger partial charge in [0.2, 0.25) is 11.9 Å². The van der Waals surface area contributed by atoms with Crippen LogP contribution >= 0.6 is 0 Å². The molecule has 2 spiro atoms. The molecule has 2 saturated carbocycles. The van der Waals surface area contributed by atoms with Crippen molar-refractivity contribution in [2.75, 3.05) is 75.5 Å². The summed E-state index contributed by atoms with van der Waals surface area (Å²) in [6.45, 7) is 8.42. The number of piperidine rings is 1. The molecule has 3 aliphatic heterocycles. The van der Waals surface area contributed by atoms with Crippen LogP contribution in [0.3, 0.4) is 0 Å². The van der Waals surface area contributed by atoms with Crippen LogP contribution in [0, 0.1) is 23.2 Å². The third kappa shape index (κ3) is 6.38. The summed E-state index contributed by atoms with van der Waals surface area (Å²) in [7, 11) is 4.25. The molecule has 1 amide bonds. The van der Waals surface area contributed by atoms with Crippen LogP contribution in [0.25, 0.3) is 22.0 Å². The second kappa shape index (κ2) is 12.9. The number of carbonyl (C=O) groups excluding carboxylic acids is 1. The van der Waals surface area contributed by atoms with Gasteiger partial charge in [-0.15, -0.1) is 0 Å². The van der Waals surface area contributed by atoms with E-state index in [1.54, 1.807) is 6.07 Å². The molecule has 8 rings (SSSR count). The number of ether oxygens (including phenoxy) is 1. The molecule has 10 nitrogen and oxygen atoms in total. The highest BCUT2D eigenvalue weighted by Gasteiger charge is 2.50. The highest BCUT2D eigenvalue weighted by atomic mass is 19.4. The molecule has 3 saturated heterocycles. The zero-order valence-electron chi connectivity index (χ0n) is 30.9. The fourth-order valence-corrected chi connectivity index (χ4v) is 9.48. The molecule has 5 fully saturated rings. The Balaban J connectivity index is 1.27. The van der Waals surface area contributed by atoms with Crippen LogP contribution in [0.15, 0.2) is 30.9 Å². The molecule has 2 aromatic carbocycles. The number of nitrogens with one attached hydrogen (secondary N) is 1. The van der Waals surface area contributed by atoms with Gasteiger partial charge in [0.25, 0.3) is 0 Å². The lowest BCUT2D eigenvalue weighted by Crippen LogP contribution is -2.61. The van der Waals surface area contributed by atoms with Gasteiger partial charge in [-0.3, -0.25) is 4.79 Å². The lowest BCUT2D eigenvalue weighted by Gasteiger charge is -2.54. The van der Waals surface area contributed by atoms with E-state index in [9.17, 15) is 18.0 Å². The number of carbonyl (C=O) groups is 1. The number of aromatic nitrogens is 2. The standard InChI is InChI=1S/C40H49F3N8O2/c1-5-31(52)50-19-38(20-50)12-14-49(15-13-38)36-28-16-27(25-7-8-25)33(32-24(2)6-9-30(45)29(32)18-44)35(53-23-40(41,42)43)34(28)46-37(47-36)51-21-39(22-51)11-10-26(17-39)48(3)4/h5-6,9,16,18,25-26,44H,1,7-8,10-15,17,19-23,45H2,2-4H3/t26-/m1/s1. The number of rotatable bonds is 9. The van der Waals surface area contributed by atoms with Gasteiger partial charge >= 0.3 is 6.18 Å². The topological polar surface area (TPSA) is 115 Å². The van der Waals surface area contributed by atoms with Crippen molar-refractivity contribution in [3.8, 4) is 16.9 Å². The smallest absolute Gasteiger partial charge is 0.422 e. The number of nitrogens with two attached hydrogens (primary N) is 1. The number of aryl methyl sites for hydroxylation is 1. The van der Waals surface area contributed by atoms with Gasteiger partial charge in [0.15, 0.2) is 12.4 Å². The van der Waals surface area contributed by atoms with E-state index in [1.165, 1.54) is 12.3 Å². The molecule has 1 atom stereocenters. The number of nitrogen functional groups attached to an aromatic ring is 1. The van der Waals surface area contributed by atoms with Gasteiger partial charge in [0.05, 0.1) is 0 Å². The van der Waals surface area contributed by atoms with Crippen molar-refractivity contribution < 1.29 is 22.7 Å². The summed E-state index contributed by atoms with van der Waals surface area (Å²) in [6.07, 6.45) is 4.80. The molecule has 2 aliphatic carbocycles. The van der Waals surface area contributed by atoms with Crippen LogP contribution in [-0.4, -0.2) is 104 Å². The zero-order chi connectivity index (χ0) is 37.4.